The molecule has 1 amide bonds. The van der Waals surface area contributed by atoms with Crippen LogP contribution in [0.2, 0.25) is 0 Å². The van der Waals surface area contributed by atoms with Crippen LogP contribution in [0, 0.1) is 0 Å². The predicted molar refractivity (Wildman–Crippen MR) is 127 cm³/mol. The summed E-state index contributed by atoms with van der Waals surface area (Å²) in [6.07, 6.45) is 0. The van der Waals surface area contributed by atoms with Crippen molar-refractivity contribution in [2.75, 3.05) is 19.5 Å². The standard InChI is InChI=1S/C25H29N5O3/c1-14-20(22(26)31)21(16-9-12-18(32-5)19(13-16)33-6)30-24(27-14)28-23(29-30)15-7-10-17(11-8-15)25(2,3)4/h7-13,21H,1-6H3,(H2,26,31)(H,27,28,29). The molecule has 8 nitrogen and oxygen atoms in total. The minimum atomic E-state index is -0.561. The van der Waals surface area contributed by atoms with Crippen LogP contribution < -0.4 is 20.5 Å². The second-order valence-corrected chi connectivity index (χ2v) is 9.08. The molecule has 0 radical (unpaired) electrons. The van der Waals surface area contributed by atoms with Gasteiger partial charge in [0.15, 0.2) is 17.3 Å². The fourth-order valence-corrected chi connectivity index (χ4v) is 4.04. The Balaban J connectivity index is 1.83. The van der Waals surface area contributed by atoms with Gasteiger partial charge in [0.05, 0.1) is 19.8 Å². The molecule has 0 spiro atoms. The summed E-state index contributed by atoms with van der Waals surface area (Å²) < 4.78 is 12.5. The maximum Gasteiger partial charge on any atom is 0.248 e. The fraction of sp³-hybridized carbons (Fsp3) is 0.320. The first kappa shape index (κ1) is 22.4. The summed E-state index contributed by atoms with van der Waals surface area (Å²) >= 11 is 0. The maximum absolute atomic E-state index is 12.5. The van der Waals surface area contributed by atoms with Crippen LogP contribution in [0.5, 0.6) is 11.5 Å². The van der Waals surface area contributed by atoms with Crippen LogP contribution >= 0.6 is 0 Å². The third-order valence-corrected chi connectivity index (χ3v) is 5.85. The van der Waals surface area contributed by atoms with Crippen LogP contribution in [0.3, 0.4) is 0 Å². The molecule has 1 atom stereocenters. The molecular formula is C25H29N5O3. The Hall–Kier alpha value is -3.81. The quantitative estimate of drug-likeness (QED) is 0.612. The third-order valence-electron chi connectivity index (χ3n) is 5.85. The maximum atomic E-state index is 12.5. The Kier molecular flexibility index (Phi) is 5.61. The lowest BCUT2D eigenvalue weighted by molar-refractivity contribution is -0.115. The number of ether oxygens (including phenoxy) is 2. The number of nitrogens with one attached hydrogen (secondary N) is 1. The third kappa shape index (κ3) is 4.04. The van der Waals surface area contributed by atoms with Crippen LogP contribution in [0.4, 0.5) is 5.95 Å². The number of carbonyl (C=O) groups excluding carboxylic acids is 1. The van der Waals surface area contributed by atoms with E-state index < -0.39 is 11.9 Å². The predicted octanol–water partition coefficient (Wildman–Crippen LogP) is 4.03. The van der Waals surface area contributed by atoms with Crippen LogP contribution in [0.1, 0.15) is 44.9 Å². The highest BCUT2D eigenvalue weighted by atomic mass is 16.5. The second kappa shape index (κ2) is 8.27. The van der Waals surface area contributed by atoms with E-state index >= 15 is 0 Å². The van der Waals surface area contributed by atoms with Crippen molar-refractivity contribution in [2.24, 2.45) is 5.73 Å². The summed E-state index contributed by atoms with van der Waals surface area (Å²) in [7, 11) is 3.15. The number of methoxy groups -OCH3 is 2. The average Bonchev–Trinajstić information content (AvgIpc) is 3.20. The number of nitrogens with two attached hydrogens (primary N) is 1. The average molecular weight is 448 g/mol. The summed E-state index contributed by atoms with van der Waals surface area (Å²) in [6.45, 7) is 8.33. The second-order valence-electron chi connectivity index (χ2n) is 9.08. The molecule has 1 aromatic heterocycles. The van der Waals surface area contributed by atoms with Gasteiger partial charge in [-0.15, -0.1) is 5.10 Å². The molecule has 0 bridgehead atoms. The van der Waals surface area contributed by atoms with E-state index in [0.717, 1.165) is 11.1 Å². The van der Waals surface area contributed by atoms with Crippen molar-refractivity contribution in [3.8, 4) is 22.9 Å². The minimum absolute atomic E-state index is 0.0525. The Labute approximate surface area is 193 Å². The van der Waals surface area contributed by atoms with E-state index in [9.17, 15) is 4.79 Å². The van der Waals surface area contributed by atoms with E-state index in [4.69, 9.17) is 25.3 Å². The summed E-state index contributed by atoms with van der Waals surface area (Å²) in [4.78, 5) is 17.2. The summed E-state index contributed by atoms with van der Waals surface area (Å²) in [5.74, 6) is 1.70. The number of carbonyl (C=O) groups is 1. The number of anilines is 1. The number of benzene rings is 2. The van der Waals surface area contributed by atoms with Crippen molar-refractivity contribution in [1.29, 1.82) is 0 Å². The zero-order valence-corrected chi connectivity index (χ0v) is 19.8. The van der Waals surface area contributed by atoms with E-state index in [1.54, 1.807) is 25.0 Å². The van der Waals surface area contributed by atoms with Gasteiger partial charge in [-0.05, 0) is 35.6 Å². The number of aromatic nitrogens is 3. The molecule has 33 heavy (non-hydrogen) atoms. The lowest BCUT2D eigenvalue weighted by Gasteiger charge is -2.28. The zero-order chi connectivity index (χ0) is 23.9. The molecule has 8 heteroatoms. The number of hydrogen-bond acceptors (Lipinski definition) is 6. The number of rotatable bonds is 5. The molecule has 172 valence electrons. The number of nitrogens with zero attached hydrogens (tertiary/aromatic N) is 3. The molecule has 0 saturated heterocycles. The Morgan fingerprint density at radius 1 is 1.06 bits per heavy atom. The van der Waals surface area contributed by atoms with E-state index in [-0.39, 0.29) is 5.41 Å². The Morgan fingerprint density at radius 2 is 1.73 bits per heavy atom. The minimum Gasteiger partial charge on any atom is -0.493 e. The highest BCUT2D eigenvalue weighted by Crippen LogP contribution is 2.39. The number of fused-ring (bicyclic) bond motifs is 1. The largest absolute Gasteiger partial charge is 0.493 e. The van der Waals surface area contributed by atoms with Crippen molar-refractivity contribution in [3.63, 3.8) is 0 Å². The number of amides is 1. The molecular weight excluding hydrogens is 418 g/mol. The molecule has 1 aliphatic heterocycles. The first-order valence-electron chi connectivity index (χ1n) is 10.7. The van der Waals surface area contributed by atoms with Gasteiger partial charge in [-0.25, -0.2) is 4.68 Å². The molecule has 1 aliphatic rings. The molecule has 3 aromatic rings. The van der Waals surface area contributed by atoms with Gasteiger partial charge < -0.3 is 20.5 Å². The topological polar surface area (TPSA) is 104 Å². The molecule has 0 fully saturated rings. The van der Waals surface area contributed by atoms with Gasteiger partial charge in [-0.3, -0.25) is 4.79 Å². The van der Waals surface area contributed by atoms with Crippen molar-refractivity contribution < 1.29 is 14.3 Å². The van der Waals surface area contributed by atoms with E-state index in [2.05, 4.69) is 38.2 Å². The highest BCUT2D eigenvalue weighted by Gasteiger charge is 2.34. The van der Waals surface area contributed by atoms with Crippen LogP contribution in [-0.4, -0.2) is 34.9 Å². The summed E-state index contributed by atoms with van der Waals surface area (Å²) in [5, 5.41) is 7.95. The van der Waals surface area contributed by atoms with Crippen molar-refractivity contribution in [3.05, 3.63) is 64.9 Å². The molecule has 4 rings (SSSR count). The lowest BCUT2D eigenvalue weighted by Crippen LogP contribution is -2.31. The highest BCUT2D eigenvalue weighted by molar-refractivity contribution is 5.95. The molecule has 0 saturated carbocycles. The lowest BCUT2D eigenvalue weighted by atomic mass is 9.87. The zero-order valence-electron chi connectivity index (χ0n) is 19.8. The Morgan fingerprint density at radius 3 is 2.30 bits per heavy atom. The molecule has 0 aliphatic carbocycles. The van der Waals surface area contributed by atoms with Crippen LogP contribution in [-0.2, 0) is 10.2 Å². The first-order valence-corrected chi connectivity index (χ1v) is 10.7. The van der Waals surface area contributed by atoms with Crippen molar-refractivity contribution >= 4 is 11.9 Å². The van der Waals surface area contributed by atoms with Gasteiger partial charge >= 0.3 is 0 Å². The molecule has 1 unspecified atom stereocenters. The van der Waals surface area contributed by atoms with Crippen LogP contribution in [0.15, 0.2) is 53.7 Å². The molecule has 2 aromatic carbocycles. The monoisotopic (exact) mass is 447 g/mol. The van der Waals surface area contributed by atoms with Crippen LogP contribution in [0.25, 0.3) is 11.4 Å². The van der Waals surface area contributed by atoms with Gasteiger partial charge in [0.2, 0.25) is 11.9 Å². The number of primary amides is 1. The smallest absolute Gasteiger partial charge is 0.248 e. The van der Waals surface area contributed by atoms with Gasteiger partial charge in [-0.1, -0.05) is 51.1 Å². The summed E-state index contributed by atoms with van der Waals surface area (Å²) in [6, 6.07) is 13.1. The summed E-state index contributed by atoms with van der Waals surface area (Å²) in [5.41, 5.74) is 9.78. The van der Waals surface area contributed by atoms with Crippen molar-refractivity contribution in [2.45, 2.75) is 39.2 Å². The SMILES string of the molecule is COc1ccc(C2C(C(N)=O)=C(C)Nc3nc(-c4ccc(C(C)(C)C)cc4)nn32)cc1OC. The van der Waals surface area contributed by atoms with Gasteiger partial charge in [0.25, 0.3) is 0 Å². The van der Waals surface area contributed by atoms with Gasteiger partial charge in [-0.2, -0.15) is 4.98 Å². The van der Waals surface area contributed by atoms with E-state index in [1.165, 1.54) is 5.56 Å². The van der Waals surface area contributed by atoms with Crippen molar-refractivity contribution in [1.82, 2.24) is 14.8 Å². The van der Waals surface area contributed by atoms with Gasteiger partial charge in [0.1, 0.15) is 6.04 Å². The Bertz CT molecular complexity index is 1240. The number of allylic oxidation sites excluding steroid dienone is 1. The molecule has 3 N–H and O–H groups in total. The van der Waals surface area contributed by atoms with E-state index in [1.807, 2.05) is 31.2 Å². The normalized spacial score (nSPS) is 15.6. The van der Waals surface area contributed by atoms with E-state index in [0.29, 0.717) is 34.5 Å². The van der Waals surface area contributed by atoms with Gasteiger partial charge in [0, 0.05) is 11.3 Å². The fourth-order valence-electron chi connectivity index (χ4n) is 4.04. The number of hydrogen-bond donors (Lipinski definition) is 2. The molecule has 2 heterocycles. The first-order chi connectivity index (χ1) is 15.6.